The first-order chi connectivity index (χ1) is 8.70. The average molecular weight is 236 g/mol. The van der Waals surface area contributed by atoms with E-state index >= 15 is 0 Å². The lowest BCUT2D eigenvalue weighted by Crippen LogP contribution is -2.13. The lowest BCUT2D eigenvalue weighted by molar-refractivity contribution is 0.102. The van der Waals surface area contributed by atoms with Gasteiger partial charge in [0.05, 0.1) is 0 Å². The standard InChI is InChI=1S/C15H12N2O/c1-3-12-5-4-6-13(9-12)17-15(18)14-7-8-16-10-11(14)2/h1,4-10H,2H3,(H,17,18). The third-order valence-electron chi connectivity index (χ3n) is 2.55. The van der Waals surface area contributed by atoms with Crippen molar-refractivity contribution in [2.45, 2.75) is 6.92 Å². The predicted octanol–water partition coefficient (Wildman–Crippen LogP) is 2.62. The molecule has 1 aromatic heterocycles. The van der Waals surface area contributed by atoms with Gasteiger partial charge in [0.15, 0.2) is 0 Å². The zero-order chi connectivity index (χ0) is 13.0. The Morgan fingerprint density at radius 2 is 2.22 bits per heavy atom. The Balaban J connectivity index is 2.22. The highest BCUT2D eigenvalue weighted by Gasteiger charge is 2.08. The summed E-state index contributed by atoms with van der Waals surface area (Å²) in [6.07, 6.45) is 8.57. The van der Waals surface area contributed by atoms with Crippen LogP contribution in [0.15, 0.2) is 42.7 Å². The van der Waals surface area contributed by atoms with Gasteiger partial charge in [-0.1, -0.05) is 12.0 Å². The van der Waals surface area contributed by atoms with Gasteiger partial charge in [-0.2, -0.15) is 0 Å². The molecule has 3 heteroatoms. The Bertz CT molecular complexity index is 626. The van der Waals surface area contributed by atoms with Gasteiger partial charge in [-0.15, -0.1) is 6.42 Å². The second kappa shape index (κ2) is 5.15. The van der Waals surface area contributed by atoms with E-state index in [-0.39, 0.29) is 5.91 Å². The van der Waals surface area contributed by atoms with Gasteiger partial charge in [0.25, 0.3) is 5.91 Å². The summed E-state index contributed by atoms with van der Waals surface area (Å²) in [7, 11) is 0. The van der Waals surface area contributed by atoms with E-state index in [4.69, 9.17) is 6.42 Å². The first kappa shape index (κ1) is 11.9. The number of pyridine rings is 1. The number of aryl methyl sites for hydroxylation is 1. The van der Waals surface area contributed by atoms with E-state index in [9.17, 15) is 4.79 Å². The van der Waals surface area contributed by atoms with Crippen LogP contribution in [0.2, 0.25) is 0 Å². The van der Waals surface area contributed by atoms with Crippen molar-refractivity contribution < 1.29 is 4.79 Å². The average Bonchev–Trinajstić information content (AvgIpc) is 2.39. The number of hydrogen-bond acceptors (Lipinski definition) is 2. The van der Waals surface area contributed by atoms with Crippen LogP contribution in [0, 0.1) is 19.3 Å². The number of benzene rings is 1. The van der Waals surface area contributed by atoms with Crippen LogP contribution in [-0.4, -0.2) is 10.9 Å². The summed E-state index contributed by atoms with van der Waals surface area (Å²) >= 11 is 0. The molecule has 1 aromatic carbocycles. The molecule has 0 bridgehead atoms. The Labute approximate surface area is 106 Å². The topological polar surface area (TPSA) is 42.0 Å². The van der Waals surface area contributed by atoms with E-state index in [1.165, 1.54) is 0 Å². The molecule has 0 radical (unpaired) electrons. The Hall–Kier alpha value is -2.60. The van der Waals surface area contributed by atoms with Crippen molar-refractivity contribution in [1.82, 2.24) is 4.98 Å². The number of terminal acetylenes is 1. The summed E-state index contributed by atoms with van der Waals surface area (Å²) in [6, 6.07) is 8.87. The van der Waals surface area contributed by atoms with Crippen LogP contribution in [0.1, 0.15) is 21.5 Å². The minimum Gasteiger partial charge on any atom is -0.322 e. The molecule has 1 amide bonds. The largest absolute Gasteiger partial charge is 0.322 e. The van der Waals surface area contributed by atoms with Gasteiger partial charge in [-0.3, -0.25) is 9.78 Å². The second-order valence-electron chi connectivity index (χ2n) is 3.87. The molecule has 18 heavy (non-hydrogen) atoms. The number of carbonyl (C=O) groups is 1. The number of nitrogens with one attached hydrogen (secondary N) is 1. The van der Waals surface area contributed by atoms with Crippen molar-refractivity contribution in [2.24, 2.45) is 0 Å². The highest BCUT2D eigenvalue weighted by molar-refractivity contribution is 6.05. The predicted molar refractivity (Wildman–Crippen MR) is 71.3 cm³/mol. The molecule has 0 atom stereocenters. The minimum atomic E-state index is -0.163. The molecule has 0 spiro atoms. The molecule has 0 fully saturated rings. The summed E-state index contributed by atoms with van der Waals surface area (Å²) in [6.45, 7) is 1.85. The Morgan fingerprint density at radius 1 is 1.39 bits per heavy atom. The van der Waals surface area contributed by atoms with Crippen molar-refractivity contribution >= 4 is 11.6 Å². The van der Waals surface area contributed by atoms with Crippen LogP contribution in [-0.2, 0) is 0 Å². The second-order valence-corrected chi connectivity index (χ2v) is 3.87. The number of aromatic nitrogens is 1. The van der Waals surface area contributed by atoms with E-state index in [0.29, 0.717) is 11.3 Å². The third kappa shape index (κ3) is 2.55. The van der Waals surface area contributed by atoms with Crippen LogP contribution < -0.4 is 5.32 Å². The molecule has 0 saturated heterocycles. The van der Waals surface area contributed by atoms with Crippen LogP contribution in [0.4, 0.5) is 5.69 Å². The van der Waals surface area contributed by atoms with E-state index in [1.54, 1.807) is 30.6 Å². The summed E-state index contributed by atoms with van der Waals surface area (Å²) in [5.41, 5.74) is 2.87. The van der Waals surface area contributed by atoms with Gasteiger partial charge in [0, 0.05) is 29.2 Å². The maximum absolute atomic E-state index is 12.0. The molecular formula is C15H12N2O. The van der Waals surface area contributed by atoms with Gasteiger partial charge in [-0.05, 0) is 36.8 Å². The molecule has 1 heterocycles. The quantitative estimate of drug-likeness (QED) is 0.814. The Kier molecular flexibility index (Phi) is 3.40. The summed E-state index contributed by atoms with van der Waals surface area (Å²) < 4.78 is 0. The van der Waals surface area contributed by atoms with E-state index in [1.807, 2.05) is 19.1 Å². The molecule has 0 saturated carbocycles. The molecule has 0 aliphatic rings. The number of rotatable bonds is 2. The minimum absolute atomic E-state index is 0.163. The van der Waals surface area contributed by atoms with Gasteiger partial charge in [-0.25, -0.2) is 0 Å². The highest BCUT2D eigenvalue weighted by atomic mass is 16.1. The molecule has 2 rings (SSSR count). The zero-order valence-corrected chi connectivity index (χ0v) is 9.97. The molecule has 3 nitrogen and oxygen atoms in total. The van der Waals surface area contributed by atoms with E-state index < -0.39 is 0 Å². The fraction of sp³-hybridized carbons (Fsp3) is 0.0667. The van der Waals surface area contributed by atoms with Gasteiger partial charge in [0.2, 0.25) is 0 Å². The number of amides is 1. The first-order valence-corrected chi connectivity index (χ1v) is 5.49. The summed E-state index contributed by atoms with van der Waals surface area (Å²) in [5, 5.41) is 2.81. The van der Waals surface area contributed by atoms with Crippen molar-refractivity contribution in [2.75, 3.05) is 5.32 Å². The van der Waals surface area contributed by atoms with E-state index in [2.05, 4.69) is 16.2 Å². The van der Waals surface area contributed by atoms with Crippen LogP contribution in [0.3, 0.4) is 0 Å². The SMILES string of the molecule is C#Cc1cccc(NC(=O)c2ccncc2C)c1. The normalized spacial score (nSPS) is 9.56. The number of nitrogens with zero attached hydrogens (tertiary/aromatic N) is 1. The zero-order valence-electron chi connectivity index (χ0n) is 9.97. The monoisotopic (exact) mass is 236 g/mol. The first-order valence-electron chi connectivity index (χ1n) is 5.49. The molecule has 0 unspecified atom stereocenters. The number of carbonyl (C=O) groups excluding carboxylic acids is 1. The molecule has 0 aliphatic heterocycles. The maximum Gasteiger partial charge on any atom is 0.256 e. The lowest BCUT2D eigenvalue weighted by Gasteiger charge is -2.07. The molecule has 1 N–H and O–H groups in total. The number of anilines is 1. The van der Waals surface area contributed by atoms with E-state index in [0.717, 1.165) is 11.1 Å². The number of hydrogen-bond donors (Lipinski definition) is 1. The van der Waals surface area contributed by atoms with Crippen molar-refractivity contribution in [3.8, 4) is 12.3 Å². The summed E-state index contributed by atoms with van der Waals surface area (Å²) in [4.78, 5) is 16.0. The molecule has 88 valence electrons. The fourth-order valence-corrected chi connectivity index (χ4v) is 1.61. The van der Waals surface area contributed by atoms with Crippen LogP contribution in [0.5, 0.6) is 0 Å². The molecular weight excluding hydrogens is 224 g/mol. The third-order valence-corrected chi connectivity index (χ3v) is 2.55. The molecule has 2 aromatic rings. The van der Waals surface area contributed by atoms with Crippen molar-refractivity contribution in [3.63, 3.8) is 0 Å². The van der Waals surface area contributed by atoms with Crippen LogP contribution >= 0.6 is 0 Å². The van der Waals surface area contributed by atoms with Crippen molar-refractivity contribution in [3.05, 3.63) is 59.4 Å². The molecule has 0 aliphatic carbocycles. The fourth-order valence-electron chi connectivity index (χ4n) is 1.61. The van der Waals surface area contributed by atoms with Gasteiger partial charge in [0.1, 0.15) is 0 Å². The Morgan fingerprint density at radius 3 is 2.94 bits per heavy atom. The summed E-state index contributed by atoms with van der Waals surface area (Å²) in [5.74, 6) is 2.37. The maximum atomic E-state index is 12.0. The van der Waals surface area contributed by atoms with Gasteiger partial charge < -0.3 is 5.32 Å². The van der Waals surface area contributed by atoms with Crippen LogP contribution in [0.25, 0.3) is 0 Å². The smallest absolute Gasteiger partial charge is 0.256 e. The van der Waals surface area contributed by atoms with Gasteiger partial charge >= 0.3 is 0 Å². The van der Waals surface area contributed by atoms with Crippen molar-refractivity contribution in [1.29, 1.82) is 0 Å². The highest BCUT2D eigenvalue weighted by Crippen LogP contribution is 2.13. The lowest BCUT2D eigenvalue weighted by atomic mass is 10.1.